The van der Waals surface area contributed by atoms with E-state index in [9.17, 15) is 14.9 Å². The Morgan fingerprint density at radius 3 is 2.81 bits per heavy atom. The summed E-state index contributed by atoms with van der Waals surface area (Å²) < 4.78 is 0. The molecule has 1 aromatic carbocycles. The highest BCUT2D eigenvalue weighted by atomic mass is 16.6. The number of nitrogens with one attached hydrogen (secondary N) is 1. The first-order valence-electron chi connectivity index (χ1n) is 4.64. The summed E-state index contributed by atoms with van der Waals surface area (Å²) >= 11 is 0. The normalized spacial score (nSPS) is 10.6. The lowest BCUT2D eigenvalue weighted by molar-refractivity contribution is -0.385. The fraction of sp³-hybridized carbons (Fsp3) is 0.200. The van der Waals surface area contributed by atoms with Gasteiger partial charge in [0.15, 0.2) is 5.78 Å². The van der Waals surface area contributed by atoms with Crippen LogP contribution in [0, 0.1) is 17.0 Å². The van der Waals surface area contributed by atoms with E-state index < -0.39 is 4.92 Å². The highest BCUT2D eigenvalue weighted by molar-refractivity contribution is 6.06. The Kier molecular flexibility index (Phi) is 2.19. The zero-order valence-corrected chi connectivity index (χ0v) is 8.77. The number of nitro groups is 1. The molecular formula is C10H9N3O3. The number of ketones is 1. The Labute approximate surface area is 90.5 Å². The van der Waals surface area contributed by atoms with Crippen molar-refractivity contribution in [1.29, 1.82) is 0 Å². The van der Waals surface area contributed by atoms with Gasteiger partial charge in [0.2, 0.25) is 0 Å². The molecule has 2 rings (SSSR count). The van der Waals surface area contributed by atoms with Crippen LogP contribution in [0.5, 0.6) is 0 Å². The van der Waals surface area contributed by atoms with E-state index in [2.05, 4.69) is 9.97 Å². The summed E-state index contributed by atoms with van der Waals surface area (Å²) in [5, 5.41) is 10.8. The maximum atomic E-state index is 11.4. The number of hydrogen-bond acceptors (Lipinski definition) is 4. The van der Waals surface area contributed by atoms with Crippen LogP contribution in [-0.4, -0.2) is 20.7 Å². The summed E-state index contributed by atoms with van der Waals surface area (Å²) in [6, 6.07) is 1.29. The number of nitrogens with zero attached hydrogens (tertiary/aromatic N) is 2. The van der Waals surface area contributed by atoms with Gasteiger partial charge in [-0.2, -0.15) is 0 Å². The van der Waals surface area contributed by atoms with Gasteiger partial charge < -0.3 is 4.98 Å². The zero-order valence-electron chi connectivity index (χ0n) is 8.77. The van der Waals surface area contributed by atoms with Crippen molar-refractivity contribution in [2.45, 2.75) is 13.8 Å². The topological polar surface area (TPSA) is 88.9 Å². The first kappa shape index (κ1) is 10.3. The highest BCUT2D eigenvalue weighted by Gasteiger charge is 2.20. The maximum Gasteiger partial charge on any atom is 0.275 e. The largest absolute Gasteiger partial charge is 0.344 e. The van der Waals surface area contributed by atoms with Crippen molar-refractivity contribution in [3.63, 3.8) is 0 Å². The van der Waals surface area contributed by atoms with E-state index in [0.29, 0.717) is 22.2 Å². The first-order chi connectivity index (χ1) is 7.52. The van der Waals surface area contributed by atoms with E-state index >= 15 is 0 Å². The SMILES string of the molecule is CC(=O)c1cc([N+](=O)[O-])c(C)c2nc[nH]c12. The summed E-state index contributed by atoms with van der Waals surface area (Å²) in [5.41, 5.74) is 1.70. The molecule has 0 aliphatic rings. The van der Waals surface area contributed by atoms with Crippen molar-refractivity contribution < 1.29 is 9.72 Å². The van der Waals surface area contributed by atoms with Crippen molar-refractivity contribution in [2.75, 3.05) is 0 Å². The van der Waals surface area contributed by atoms with Crippen LogP contribution in [0.15, 0.2) is 12.4 Å². The predicted octanol–water partition coefficient (Wildman–Crippen LogP) is 1.98. The van der Waals surface area contributed by atoms with Crippen molar-refractivity contribution >= 4 is 22.5 Å². The van der Waals surface area contributed by atoms with E-state index in [1.165, 1.54) is 19.3 Å². The number of imidazole rings is 1. The zero-order chi connectivity index (χ0) is 11.9. The van der Waals surface area contributed by atoms with Gasteiger partial charge in [0.1, 0.15) is 0 Å². The molecule has 0 fully saturated rings. The van der Waals surface area contributed by atoms with Crippen molar-refractivity contribution in [1.82, 2.24) is 9.97 Å². The van der Waals surface area contributed by atoms with Crippen LogP contribution >= 0.6 is 0 Å². The lowest BCUT2D eigenvalue weighted by Crippen LogP contribution is -1.99. The number of rotatable bonds is 2. The molecule has 0 bridgehead atoms. The smallest absolute Gasteiger partial charge is 0.275 e. The highest BCUT2D eigenvalue weighted by Crippen LogP contribution is 2.28. The van der Waals surface area contributed by atoms with Gasteiger partial charge in [0.25, 0.3) is 5.69 Å². The molecule has 6 heteroatoms. The number of fused-ring (bicyclic) bond motifs is 1. The Morgan fingerprint density at radius 2 is 2.25 bits per heavy atom. The van der Waals surface area contributed by atoms with E-state index in [1.807, 2.05) is 0 Å². The Hall–Kier alpha value is -2.24. The molecule has 0 unspecified atom stereocenters. The van der Waals surface area contributed by atoms with Crippen molar-refractivity contribution in [2.24, 2.45) is 0 Å². The second-order valence-corrected chi connectivity index (χ2v) is 3.51. The van der Waals surface area contributed by atoms with E-state index in [4.69, 9.17) is 0 Å². The molecule has 82 valence electrons. The van der Waals surface area contributed by atoms with Gasteiger partial charge in [-0.25, -0.2) is 4.98 Å². The minimum Gasteiger partial charge on any atom is -0.344 e. The van der Waals surface area contributed by atoms with Crippen LogP contribution in [-0.2, 0) is 0 Å². The number of aryl methyl sites for hydroxylation is 1. The summed E-state index contributed by atoms with van der Waals surface area (Å²) in [4.78, 5) is 28.5. The number of carbonyl (C=O) groups excluding carboxylic acids is 1. The molecule has 0 saturated heterocycles. The van der Waals surface area contributed by atoms with Gasteiger partial charge >= 0.3 is 0 Å². The van der Waals surface area contributed by atoms with Gasteiger partial charge in [-0.15, -0.1) is 0 Å². The molecule has 0 aliphatic carbocycles. The number of nitro benzene ring substituents is 1. The number of aromatic amines is 1. The lowest BCUT2D eigenvalue weighted by Gasteiger charge is -2.02. The summed E-state index contributed by atoms with van der Waals surface area (Å²) in [6.45, 7) is 2.99. The van der Waals surface area contributed by atoms with Crippen molar-refractivity contribution in [3.8, 4) is 0 Å². The molecule has 0 saturated carbocycles. The van der Waals surface area contributed by atoms with E-state index in [-0.39, 0.29) is 11.5 Å². The van der Waals surface area contributed by atoms with E-state index in [1.54, 1.807) is 6.92 Å². The molecule has 0 spiro atoms. The molecule has 0 aliphatic heterocycles. The van der Waals surface area contributed by atoms with Crippen molar-refractivity contribution in [3.05, 3.63) is 33.6 Å². The van der Waals surface area contributed by atoms with Gasteiger partial charge in [0.05, 0.1) is 27.8 Å². The number of benzene rings is 1. The molecule has 0 atom stereocenters. The van der Waals surface area contributed by atoms with Crippen LogP contribution in [0.1, 0.15) is 22.8 Å². The quantitative estimate of drug-likeness (QED) is 0.475. The van der Waals surface area contributed by atoms with Crippen LogP contribution < -0.4 is 0 Å². The summed E-state index contributed by atoms with van der Waals surface area (Å²) in [6.07, 6.45) is 1.42. The first-order valence-corrected chi connectivity index (χ1v) is 4.64. The molecule has 0 radical (unpaired) electrons. The fourth-order valence-corrected chi connectivity index (χ4v) is 1.69. The third-order valence-corrected chi connectivity index (χ3v) is 2.51. The Morgan fingerprint density at radius 1 is 1.56 bits per heavy atom. The average molecular weight is 219 g/mol. The fourth-order valence-electron chi connectivity index (χ4n) is 1.69. The number of aromatic nitrogens is 2. The summed E-state index contributed by atoms with van der Waals surface area (Å²) in [5.74, 6) is -0.225. The van der Waals surface area contributed by atoms with Gasteiger partial charge in [0, 0.05) is 11.6 Å². The monoisotopic (exact) mass is 219 g/mol. The lowest BCUT2D eigenvalue weighted by atomic mass is 10.0. The van der Waals surface area contributed by atoms with Crippen LogP contribution in [0.25, 0.3) is 11.0 Å². The molecule has 1 heterocycles. The van der Waals surface area contributed by atoms with Gasteiger partial charge in [-0.05, 0) is 13.8 Å². The number of hydrogen-bond donors (Lipinski definition) is 1. The standard InChI is InChI=1S/C10H9N3O3/c1-5-8(13(15)16)3-7(6(2)14)10-9(5)11-4-12-10/h3-4H,1-2H3,(H,11,12). The Bertz CT molecular complexity index is 601. The molecule has 1 N–H and O–H groups in total. The molecule has 1 aromatic heterocycles. The third kappa shape index (κ3) is 1.35. The van der Waals surface area contributed by atoms with Gasteiger partial charge in [-0.1, -0.05) is 0 Å². The molecule has 16 heavy (non-hydrogen) atoms. The van der Waals surface area contributed by atoms with E-state index in [0.717, 1.165) is 0 Å². The molecule has 2 aromatic rings. The maximum absolute atomic E-state index is 11.4. The average Bonchev–Trinajstić information content (AvgIpc) is 2.66. The second-order valence-electron chi connectivity index (χ2n) is 3.51. The molecular weight excluding hydrogens is 210 g/mol. The number of Topliss-reactive ketones (excluding diaryl/α,β-unsaturated/α-hetero) is 1. The number of H-pyrrole nitrogens is 1. The molecule has 6 nitrogen and oxygen atoms in total. The minimum atomic E-state index is -0.504. The van der Waals surface area contributed by atoms with Crippen LogP contribution in [0.4, 0.5) is 5.69 Å². The van der Waals surface area contributed by atoms with Gasteiger partial charge in [-0.3, -0.25) is 14.9 Å². The minimum absolute atomic E-state index is 0.0789. The Balaban J connectivity index is 2.90. The molecule has 0 amide bonds. The predicted molar refractivity (Wildman–Crippen MR) is 57.5 cm³/mol. The van der Waals surface area contributed by atoms with Crippen LogP contribution in [0.3, 0.4) is 0 Å². The third-order valence-electron chi connectivity index (χ3n) is 2.51. The number of carbonyl (C=O) groups is 1. The van der Waals surface area contributed by atoms with Crippen LogP contribution in [0.2, 0.25) is 0 Å². The second kappa shape index (κ2) is 3.41. The summed E-state index contributed by atoms with van der Waals surface area (Å²) in [7, 11) is 0.